The first-order valence-corrected chi connectivity index (χ1v) is 2.52. The monoisotopic (exact) mass is 157 g/mol. The van der Waals surface area contributed by atoms with E-state index in [1.54, 1.807) is 6.20 Å². The molecule has 1 radical (unpaired) electrons. The molecule has 1 aromatic rings. The van der Waals surface area contributed by atoms with Gasteiger partial charge in [0.05, 0.1) is 12.4 Å². The normalized spacial score (nSPS) is 8.71. The molecule has 0 bridgehead atoms. The average molecular weight is 158 g/mol. The lowest BCUT2D eigenvalue weighted by atomic mass is 10.8. The van der Waals surface area contributed by atoms with Crippen LogP contribution in [0.3, 0.4) is 0 Å². The number of halogens is 1. The Morgan fingerprint density at radius 2 is 2.57 bits per heavy atom. The van der Waals surface area contributed by atoms with Crippen molar-refractivity contribution < 1.29 is 0 Å². The molecule has 0 aliphatic rings. The number of nitrogens with zero attached hydrogens (tertiary/aromatic N) is 2. The molecule has 1 rings (SSSR count). The molecule has 2 nitrogen and oxygen atoms in total. The van der Waals surface area contributed by atoms with Crippen molar-refractivity contribution in [2.24, 2.45) is 0 Å². The van der Waals surface area contributed by atoms with E-state index in [0.29, 0.717) is 0 Å². The SMILES string of the molecule is Brc1cn[c]cn1. The van der Waals surface area contributed by atoms with Gasteiger partial charge in [0.2, 0.25) is 0 Å². The lowest BCUT2D eigenvalue weighted by molar-refractivity contribution is 1.15. The van der Waals surface area contributed by atoms with Gasteiger partial charge >= 0.3 is 0 Å². The molecule has 7 heavy (non-hydrogen) atoms. The van der Waals surface area contributed by atoms with Crippen LogP contribution in [-0.4, -0.2) is 9.97 Å². The Hall–Kier alpha value is -0.440. The number of hydrogen-bond acceptors (Lipinski definition) is 2. The molecular weight excluding hydrogens is 156 g/mol. The minimum atomic E-state index is 0.742. The van der Waals surface area contributed by atoms with Crippen LogP contribution in [0.5, 0.6) is 0 Å². The van der Waals surface area contributed by atoms with Crippen molar-refractivity contribution >= 4 is 15.9 Å². The predicted octanol–water partition coefficient (Wildman–Crippen LogP) is 1.04. The molecule has 0 aliphatic heterocycles. The van der Waals surface area contributed by atoms with Gasteiger partial charge in [-0.1, -0.05) is 0 Å². The number of aromatic nitrogens is 2. The van der Waals surface area contributed by atoms with Gasteiger partial charge < -0.3 is 0 Å². The molecule has 0 spiro atoms. The van der Waals surface area contributed by atoms with E-state index in [-0.39, 0.29) is 0 Å². The average Bonchev–Trinajstić information content (AvgIpc) is 1.69. The zero-order valence-electron chi connectivity index (χ0n) is 3.43. The third-order valence-electron chi connectivity index (χ3n) is 0.491. The van der Waals surface area contributed by atoms with Gasteiger partial charge in [-0.15, -0.1) is 0 Å². The topological polar surface area (TPSA) is 25.8 Å². The highest BCUT2D eigenvalue weighted by Gasteiger charge is 1.77. The maximum Gasteiger partial charge on any atom is 0.124 e. The van der Waals surface area contributed by atoms with E-state index in [0.717, 1.165) is 4.60 Å². The number of hydrogen-bond donors (Lipinski definition) is 0. The van der Waals surface area contributed by atoms with E-state index in [1.807, 2.05) is 0 Å². The van der Waals surface area contributed by atoms with E-state index in [9.17, 15) is 0 Å². The van der Waals surface area contributed by atoms with E-state index < -0.39 is 0 Å². The van der Waals surface area contributed by atoms with Crippen molar-refractivity contribution in [3.05, 3.63) is 23.2 Å². The second-order valence-electron chi connectivity index (χ2n) is 0.968. The third-order valence-corrected chi connectivity index (χ3v) is 0.901. The Kier molecular flexibility index (Phi) is 1.36. The summed E-state index contributed by atoms with van der Waals surface area (Å²) in [7, 11) is 0. The molecule has 0 saturated carbocycles. The van der Waals surface area contributed by atoms with Crippen LogP contribution in [0, 0.1) is 6.20 Å². The van der Waals surface area contributed by atoms with Crippen molar-refractivity contribution in [3.8, 4) is 0 Å². The van der Waals surface area contributed by atoms with E-state index >= 15 is 0 Å². The molecule has 0 atom stereocenters. The van der Waals surface area contributed by atoms with Crippen molar-refractivity contribution in [1.82, 2.24) is 9.97 Å². The van der Waals surface area contributed by atoms with Crippen molar-refractivity contribution in [1.29, 1.82) is 0 Å². The Labute approximate surface area is 49.7 Å². The fourth-order valence-corrected chi connectivity index (χ4v) is 0.452. The van der Waals surface area contributed by atoms with Crippen LogP contribution in [0.4, 0.5) is 0 Å². The molecule has 0 N–H and O–H groups in total. The fraction of sp³-hybridized carbons (Fsp3) is 0. The molecule has 0 fully saturated rings. The maximum absolute atomic E-state index is 3.78. The lowest BCUT2D eigenvalue weighted by Crippen LogP contribution is -1.73. The molecule has 3 heteroatoms. The van der Waals surface area contributed by atoms with Crippen LogP contribution < -0.4 is 0 Å². The summed E-state index contributed by atoms with van der Waals surface area (Å²) in [5, 5.41) is 0. The van der Waals surface area contributed by atoms with Crippen LogP contribution in [0.25, 0.3) is 0 Å². The van der Waals surface area contributed by atoms with Gasteiger partial charge in [-0.2, -0.15) is 0 Å². The van der Waals surface area contributed by atoms with Gasteiger partial charge in [0.25, 0.3) is 0 Å². The molecule has 35 valence electrons. The van der Waals surface area contributed by atoms with E-state index in [1.165, 1.54) is 6.20 Å². The first kappa shape index (κ1) is 4.71. The largest absolute Gasteiger partial charge is 0.250 e. The summed E-state index contributed by atoms with van der Waals surface area (Å²) in [4.78, 5) is 7.43. The van der Waals surface area contributed by atoms with Gasteiger partial charge in [-0.3, -0.25) is 4.98 Å². The predicted molar refractivity (Wildman–Crippen MR) is 28.6 cm³/mol. The Balaban J connectivity index is 3.02. The van der Waals surface area contributed by atoms with Crippen molar-refractivity contribution in [2.75, 3.05) is 0 Å². The third kappa shape index (κ3) is 1.23. The summed E-state index contributed by atoms with van der Waals surface area (Å²) < 4.78 is 0.742. The highest BCUT2D eigenvalue weighted by atomic mass is 79.9. The highest BCUT2D eigenvalue weighted by Crippen LogP contribution is 1.97. The smallest absolute Gasteiger partial charge is 0.124 e. The molecule has 0 aliphatic carbocycles. The van der Waals surface area contributed by atoms with E-state index in [2.05, 4.69) is 32.1 Å². The van der Waals surface area contributed by atoms with Crippen LogP contribution in [0.2, 0.25) is 0 Å². The lowest BCUT2D eigenvalue weighted by Gasteiger charge is -1.78. The molecular formula is C4H2BrN2. The van der Waals surface area contributed by atoms with Gasteiger partial charge in [0.1, 0.15) is 10.8 Å². The minimum absolute atomic E-state index is 0.742. The second-order valence-corrected chi connectivity index (χ2v) is 1.78. The maximum atomic E-state index is 3.78. The first-order chi connectivity index (χ1) is 3.39. The van der Waals surface area contributed by atoms with Crippen LogP contribution in [-0.2, 0) is 0 Å². The summed E-state index contributed by atoms with van der Waals surface area (Å²) in [6.07, 6.45) is 5.63. The second kappa shape index (κ2) is 2.02. The molecule has 0 saturated heterocycles. The zero-order valence-corrected chi connectivity index (χ0v) is 5.01. The van der Waals surface area contributed by atoms with Crippen LogP contribution in [0.15, 0.2) is 17.0 Å². The van der Waals surface area contributed by atoms with E-state index in [4.69, 9.17) is 0 Å². The van der Waals surface area contributed by atoms with Crippen molar-refractivity contribution in [3.63, 3.8) is 0 Å². The summed E-state index contributed by atoms with van der Waals surface area (Å²) >= 11 is 3.12. The molecule has 1 heterocycles. The number of rotatable bonds is 0. The summed E-state index contributed by atoms with van der Waals surface area (Å²) in [6, 6.07) is 0. The summed E-state index contributed by atoms with van der Waals surface area (Å²) in [6.45, 7) is 0. The standard InChI is InChI=1S/C4H2BrN2/c5-4-3-6-1-2-7-4/h2-3H. The first-order valence-electron chi connectivity index (χ1n) is 1.73. The van der Waals surface area contributed by atoms with Crippen LogP contribution in [0.1, 0.15) is 0 Å². The highest BCUT2D eigenvalue weighted by molar-refractivity contribution is 9.10. The zero-order chi connectivity index (χ0) is 5.11. The molecule has 1 aromatic heterocycles. The Bertz CT molecular complexity index is 140. The minimum Gasteiger partial charge on any atom is -0.250 e. The van der Waals surface area contributed by atoms with Gasteiger partial charge in [-0.25, -0.2) is 4.98 Å². The molecule has 0 unspecified atom stereocenters. The quantitative estimate of drug-likeness (QED) is 0.563. The van der Waals surface area contributed by atoms with Gasteiger partial charge in [-0.05, 0) is 15.9 Å². The molecule has 0 aromatic carbocycles. The summed E-state index contributed by atoms with van der Waals surface area (Å²) in [5.41, 5.74) is 0. The summed E-state index contributed by atoms with van der Waals surface area (Å²) in [5.74, 6) is 0. The molecule has 0 amide bonds. The van der Waals surface area contributed by atoms with Gasteiger partial charge in [0, 0.05) is 0 Å². The van der Waals surface area contributed by atoms with Crippen molar-refractivity contribution in [2.45, 2.75) is 0 Å². The Morgan fingerprint density at radius 3 is 2.86 bits per heavy atom. The Morgan fingerprint density at radius 1 is 1.71 bits per heavy atom. The van der Waals surface area contributed by atoms with Crippen LogP contribution >= 0.6 is 15.9 Å². The van der Waals surface area contributed by atoms with Gasteiger partial charge in [0.15, 0.2) is 0 Å². The fourth-order valence-electron chi connectivity index (χ4n) is 0.248.